The SMILES string of the molecule is C/C=C/C1CN([SH2+])C2CCCC2C1C. The molecule has 1 saturated carbocycles. The Hall–Kier alpha value is 0.0500. The number of hydrogen-bond donors (Lipinski definition) is 0. The summed E-state index contributed by atoms with van der Waals surface area (Å²) >= 11 is 3.79. The maximum absolute atomic E-state index is 3.79. The minimum Gasteiger partial charge on any atom is -0.126 e. The van der Waals surface area contributed by atoms with Gasteiger partial charge < -0.3 is 0 Å². The zero-order chi connectivity index (χ0) is 10.1. The normalized spacial score (nSPS) is 44.5. The fourth-order valence-corrected chi connectivity index (χ4v) is 3.83. The molecule has 14 heavy (non-hydrogen) atoms. The highest BCUT2D eigenvalue weighted by Crippen LogP contribution is 2.42. The molecular formula is C12H22NS+. The second-order valence-corrected chi connectivity index (χ2v) is 5.44. The Kier molecular flexibility index (Phi) is 3.23. The molecule has 1 aliphatic carbocycles. The Morgan fingerprint density at radius 2 is 2.14 bits per heavy atom. The van der Waals surface area contributed by atoms with Crippen LogP contribution >= 0.6 is 0 Å². The standard InChI is InChI=1S/C12H21NS/c1-3-5-10-8-13(14)12-7-4-6-11(12)9(10)2/h3,5,9-12,14H,4,6-8H2,1-2H3/p+1/b5-3+. The van der Waals surface area contributed by atoms with Gasteiger partial charge in [0.05, 0.1) is 12.6 Å². The van der Waals surface area contributed by atoms with Gasteiger partial charge >= 0.3 is 0 Å². The van der Waals surface area contributed by atoms with Crippen LogP contribution in [0.25, 0.3) is 0 Å². The Morgan fingerprint density at radius 3 is 2.86 bits per heavy atom. The Bertz CT molecular complexity index is 226. The van der Waals surface area contributed by atoms with Crippen LogP contribution in [0.4, 0.5) is 0 Å². The maximum Gasteiger partial charge on any atom is 0.0583 e. The van der Waals surface area contributed by atoms with E-state index < -0.39 is 0 Å². The van der Waals surface area contributed by atoms with Crippen LogP contribution < -0.4 is 0 Å². The molecule has 0 bridgehead atoms. The predicted molar refractivity (Wildman–Crippen MR) is 65.5 cm³/mol. The van der Waals surface area contributed by atoms with Crippen molar-refractivity contribution in [3.05, 3.63) is 12.2 Å². The third-order valence-electron chi connectivity index (χ3n) is 4.13. The van der Waals surface area contributed by atoms with E-state index in [9.17, 15) is 0 Å². The molecule has 2 fully saturated rings. The second kappa shape index (κ2) is 4.28. The summed E-state index contributed by atoms with van der Waals surface area (Å²) in [5, 5.41) is 0. The Morgan fingerprint density at radius 1 is 1.36 bits per heavy atom. The first-order valence-electron chi connectivity index (χ1n) is 5.84. The molecule has 0 aromatic rings. The quantitative estimate of drug-likeness (QED) is 0.476. The smallest absolute Gasteiger partial charge is 0.0583 e. The molecule has 1 heterocycles. The average molecular weight is 212 g/mol. The van der Waals surface area contributed by atoms with Gasteiger partial charge in [-0.3, -0.25) is 0 Å². The fraction of sp³-hybridized carbons (Fsp3) is 0.833. The zero-order valence-electron chi connectivity index (χ0n) is 9.24. The van der Waals surface area contributed by atoms with E-state index in [0.717, 1.165) is 23.8 Å². The lowest BCUT2D eigenvalue weighted by Gasteiger charge is -2.39. The summed E-state index contributed by atoms with van der Waals surface area (Å²) in [7, 11) is 0. The van der Waals surface area contributed by atoms with Crippen LogP contribution in [-0.2, 0) is 12.8 Å². The van der Waals surface area contributed by atoms with Gasteiger partial charge in [-0.2, -0.15) is 0 Å². The number of rotatable bonds is 1. The van der Waals surface area contributed by atoms with E-state index in [1.807, 2.05) is 0 Å². The first-order chi connectivity index (χ1) is 6.74. The fourth-order valence-electron chi connectivity index (χ4n) is 3.30. The van der Waals surface area contributed by atoms with Gasteiger partial charge in [0, 0.05) is 12.8 Å². The molecule has 0 aromatic heterocycles. The summed E-state index contributed by atoms with van der Waals surface area (Å²) in [4.78, 5) is 0. The molecule has 2 rings (SSSR count). The number of hydrogen-bond acceptors (Lipinski definition) is 1. The molecule has 2 aliphatic rings. The molecule has 1 aliphatic heterocycles. The van der Waals surface area contributed by atoms with Gasteiger partial charge in [0.15, 0.2) is 0 Å². The second-order valence-electron chi connectivity index (χ2n) is 4.86. The van der Waals surface area contributed by atoms with Crippen molar-refractivity contribution in [2.75, 3.05) is 6.54 Å². The van der Waals surface area contributed by atoms with Gasteiger partial charge in [-0.05, 0) is 37.5 Å². The van der Waals surface area contributed by atoms with Gasteiger partial charge in [-0.1, -0.05) is 25.5 Å². The first kappa shape index (κ1) is 10.6. The summed E-state index contributed by atoms with van der Waals surface area (Å²) in [5.74, 6) is 2.53. The molecule has 1 saturated heterocycles. The zero-order valence-corrected chi connectivity index (χ0v) is 10.2. The largest absolute Gasteiger partial charge is 0.126 e. The molecule has 4 unspecified atom stereocenters. The van der Waals surface area contributed by atoms with Crippen molar-refractivity contribution in [3.8, 4) is 0 Å². The highest BCUT2D eigenvalue weighted by Gasteiger charge is 2.44. The van der Waals surface area contributed by atoms with Crippen molar-refractivity contribution in [3.63, 3.8) is 0 Å². The molecule has 80 valence electrons. The predicted octanol–water partition coefficient (Wildman–Crippen LogP) is 2.23. The summed E-state index contributed by atoms with van der Waals surface area (Å²) in [5.41, 5.74) is 0. The van der Waals surface area contributed by atoms with Crippen LogP contribution in [0.15, 0.2) is 12.2 Å². The minimum atomic E-state index is 0.747. The van der Waals surface area contributed by atoms with Gasteiger partial charge in [-0.25, -0.2) is 0 Å². The van der Waals surface area contributed by atoms with Gasteiger partial charge in [-0.15, -0.1) is 4.31 Å². The molecule has 0 N–H and O–H groups in total. The Labute approximate surface area is 93.1 Å². The van der Waals surface area contributed by atoms with Crippen molar-refractivity contribution < 1.29 is 0 Å². The lowest BCUT2D eigenvalue weighted by Crippen LogP contribution is -2.47. The lowest BCUT2D eigenvalue weighted by atomic mass is 9.76. The summed E-state index contributed by atoms with van der Waals surface area (Å²) < 4.78 is 2.41. The van der Waals surface area contributed by atoms with Crippen LogP contribution in [-0.4, -0.2) is 16.9 Å². The van der Waals surface area contributed by atoms with E-state index in [2.05, 4.69) is 43.1 Å². The van der Waals surface area contributed by atoms with Crippen LogP contribution in [0, 0.1) is 17.8 Å². The molecule has 0 aromatic carbocycles. The van der Waals surface area contributed by atoms with Crippen molar-refractivity contribution in [2.24, 2.45) is 17.8 Å². The van der Waals surface area contributed by atoms with E-state index in [1.54, 1.807) is 0 Å². The molecule has 2 heteroatoms. The van der Waals surface area contributed by atoms with E-state index >= 15 is 0 Å². The lowest BCUT2D eigenvalue weighted by molar-refractivity contribution is 0.119. The third-order valence-corrected chi connectivity index (χ3v) is 4.64. The van der Waals surface area contributed by atoms with Crippen molar-refractivity contribution in [1.29, 1.82) is 0 Å². The molecule has 4 atom stereocenters. The minimum absolute atomic E-state index is 0.747. The van der Waals surface area contributed by atoms with Crippen LogP contribution in [0.2, 0.25) is 0 Å². The number of allylic oxidation sites excluding steroid dienone is 1. The molecule has 1 nitrogen and oxygen atoms in total. The summed E-state index contributed by atoms with van der Waals surface area (Å²) in [6.45, 7) is 5.75. The number of fused-ring (bicyclic) bond motifs is 1. The molecule has 0 amide bonds. The van der Waals surface area contributed by atoms with E-state index in [1.165, 1.54) is 25.8 Å². The van der Waals surface area contributed by atoms with Crippen LogP contribution in [0.5, 0.6) is 0 Å². The van der Waals surface area contributed by atoms with E-state index in [0.29, 0.717) is 0 Å². The topological polar surface area (TPSA) is 3.24 Å². The first-order valence-corrected chi connectivity index (χ1v) is 6.29. The van der Waals surface area contributed by atoms with Crippen molar-refractivity contribution >= 4 is 12.8 Å². The number of piperidine rings is 1. The molecular weight excluding hydrogens is 190 g/mol. The van der Waals surface area contributed by atoms with Crippen LogP contribution in [0.3, 0.4) is 0 Å². The van der Waals surface area contributed by atoms with Crippen LogP contribution in [0.1, 0.15) is 33.1 Å². The third kappa shape index (κ3) is 1.74. The summed E-state index contributed by atoms with van der Waals surface area (Å²) in [6, 6.07) is 0.808. The van der Waals surface area contributed by atoms with E-state index in [4.69, 9.17) is 0 Å². The van der Waals surface area contributed by atoms with Crippen molar-refractivity contribution in [1.82, 2.24) is 4.31 Å². The van der Waals surface area contributed by atoms with Gasteiger partial charge in [0.2, 0.25) is 0 Å². The molecule has 0 spiro atoms. The Balaban J connectivity index is 2.11. The highest BCUT2D eigenvalue weighted by atomic mass is 32.1. The highest BCUT2D eigenvalue weighted by molar-refractivity contribution is 7.56. The molecule has 0 radical (unpaired) electrons. The maximum atomic E-state index is 3.79. The van der Waals surface area contributed by atoms with E-state index in [-0.39, 0.29) is 0 Å². The van der Waals surface area contributed by atoms with Crippen molar-refractivity contribution in [2.45, 2.75) is 39.2 Å². The average Bonchev–Trinajstić information content (AvgIpc) is 2.63. The van der Waals surface area contributed by atoms with Gasteiger partial charge in [0.25, 0.3) is 0 Å². The van der Waals surface area contributed by atoms with Gasteiger partial charge in [0.1, 0.15) is 0 Å². The number of nitrogens with zero attached hydrogens (tertiary/aromatic N) is 1. The monoisotopic (exact) mass is 212 g/mol. The summed E-state index contributed by atoms with van der Waals surface area (Å²) in [6.07, 6.45) is 8.83.